The van der Waals surface area contributed by atoms with Gasteiger partial charge in [-0.05, 0) is 93.5 Å². The Bertz CT molecular complexity index is 1760. The minimum atomic E-state index is -0.929. The molecule has 3 heterocycles. The number of nitrogens with one attached hydrogen (secondary N) is 1. The lowest BCUT2D eigenvalue weighted by Gasteiger charge is -2.36. The van der Waals surface area contributed by atoms with Gasteiger partial charge in [0, 0.05) is 30.9 Å². The first-order chi connectivity index (χ1) is 21.3. The smallest absolute Gasteiger partial charge is 0.278 e. The second-order valence-corrected chi connectivity index (χ2v) is 12.7. The molecule has 10 heteroatoms. The predicted octanol–water partition coefficient (Wildman–Crippen LogP) is 5.17. The van der Waals surface area contributed by atoms with Gasteiger partial charge in [0.1, 0.15) is 11.0 Å². The fourth-order valence-electron chi connectivity index (χ4n) is 6.74. The van der Waals surface area contributed by atoms with Crippen molar-refractivity contribution in [3.05, 3.63) is 82.9 Å². The van der Waals surface area contributed by atoms with E-state index in [-0.39, 0.29) is 18.0 Å². The molecule has 10 nitrogen and oxygen atoms in total. The molecule has 3 saturated carbocycles. The lowest BCUT2D eigenvalue weighted by atomic mass is 9.77. The number of fused-ring (bicyclic) bond motifs is 1. The van der Waals surface area contributed by atoms with Gasteiger partial charge in [0.2, 0.25) is 11.9 Å². The molecule has 0 unspecified atom stereocenters. The first kappa shape index (κ1) is 28.5. The highest BCUT2D eigenvalue weighted by atomic mass is 16.3. The third-order valence-electron chi connectivity index (χ3n) is 9.74. The van der Waals surface area contributed by atoms with Gasteiger partial charge in [0.05, 0.1) is 12.2 Å². The lowest BCUT2D eigenvalue weighted by molar-refractivity contribution is -0.134. The van der Waals surface area contributed by atoms with Gasteiger partial charge >= 0.3 is 0 Å². The highest BCUT2D eigenvalue weighted by Crippen LogP contribution is 2.40. The van der Waals surface area contributed by atoms with E-state index in [1.54, 1.807) is 17.0 Å². The van der Waals surface area contributed by atoms with Crippen molar-refractivity contribution in [3.8, 4) is 5.82 Å². The molecular formula is C34H39N7O3. The third kappa shape index (κ3) is 5.21. The van der Waals surface area contributed by atoms with Gasteiger partial charge in [-0.15, -0.1) is 6.58 Å². The quantitative estimate of drug-likeness (QED) is 0.257. The summed E-state index contributed by atoms with van der Waals surface area (Å²) in [5.74, 6) is 1.96. The van der Waals surface area contributed by atoms with Crippen LogP contribution in [-0.2, 0) is 16.9 Å². The molecule has 3 aromatic heterocycles. The van der Waals surface area contributed by atoms with Gasteiger partial charge in [-0.1, -0.05) is 24.3 Å². The maximum Gasteiger partial charge on any atom is 0.278 e. The number of amides is 1. The summed E-state index contributed by atoms with van der Waals surface area (Å²) in [5, 5.41) is 14.6. The van der Waals surface area contributed by atoms with Gasteiger partial charge in [-0.2, -0.15) is 4.98 Å². The van der Waals surface area contributed by atoms with E-state index in [1.807, 2.05) is 42.3 Å². The van der Waals surface area contributed by atoms with Crippen molar-refractivity contribution in [2.24, 2.45) is 5.92 Å². The monoisotopic (exact) mass is 593 g/mol. The van der Waals surface area contributed by atoms with Crippen LogP contribution < -0.4 is 10.9 Å². The molecule has 0 spiro atoms. The minimum absolute atomic E-state index is 0.233. The number of carbonyl (C=O) groups is 1. The number of anilines is 2. The minimum Gasteiger partial charge on any atom is -0.384 e. The molecule has 3 aliphatic rings. The summed E-state index contributed by atoms with van der Waals surface area (Å²) in [6, 6.07) is 14.2. The van der Waals surface area contributed by atoms with E-state index < -0.39 is 5.60 Å². The van der Waals surface area contributed by atoms with Crippen LogP contribution in [0, 0.1) is 5.92 Å². The summed E-state index contributed by atoms with van der Waals surface area (Å²) in [4.78, 5) is 41.8. The Kier molecular flexibility index (Phi) is 7.32. The Morgan fingerprint density at radius 1 is 1.09 bits per heavy atom. The molecule has 0 aliphatic heterocycles. The fraction of sp³-hybridized carbons (Fsp3) is 0.441. The number of allylic oxidation sites excluding steroid dienone is 1. The van der Waals surface area contributed by atoms with E-state index in [0.29, 0.717) is 59.2 Å². The summed E-state index contributed by atoms with van der Waals surface area (Å²) < 4.78 is 3.23. The summed E-state index contributed by atoms with van der Waals surface area (Å²) >= 11 is 0. The summed E-state index contributed by atoms with van der Waals surface area (Å²) in [6.07, 6.45) is 11.8. The average molecular weight is 594 g/mol. The van der Waals surface area contributed by atoms with Gasteiger partial charge in [-0.25, -0.2) is 19.3 Å². The molecule has 4 aromatic rings. The Hall–Kier alpha value is -4.31. The van der Waals surface area contributed by atoms with Crippen LogP contribution in [0.15, 0.2) is 66.1 Å². The van der Waals surface area contributed by atoms with Crippen LogP contribution in [0.5, 0.6) is 0 Å². The van der Waals surface area contributed by atoms with Crippen molar-refractivity contribution in [3.63, 3.8) is 0 Å². The number of hydrogen-bond donors (Lipinski definition) is 2. The number of aromatic nitrogens is 5. The van der Waals surface area contributed by atoms with Crippen LogP contribution >= 0.6 is 0 Å². The Morgan fingerprint density at radius 3 is 2.50 bits per heavy atom. The summed E-state index contributed by atoms with van der Waals surface area (Å²) in [6.45, 7) is 4.09. The second-order valence-electron chi connectivity index (χ2n) is 12.7. The molecule has 0 radical (unpaired) electrons. The van der Waals surface area contributed by atoms with Gasteiger partial charge < -0.3 is 15.3 Å². The molecule has 228 valence electrons. The van der Waals surface area contributed by atoms with Crippen molar-refractivity contribution in [2.45, 2.75) is 81.9 Å². The summed E-state index contributed by atoms with van der Waals surface area (Å²) in [5.41, 5.74) is 2.02. The molecule has 7 rings (SSSR count). The zero-order valence-corrected chi connectivity index (χ0v) is 25.2. The van der Waals surface area contributed by atoms with E-state index in [0.717, 1.165) is 50.6 Å². The fourth-order valence-corrected chi connectivity index (χ4v) is 6.74. The molecule has 1 amide bonds. The van der Waals surface area contributed by atoms with Crippen LogP contribution in [0.3, 0.4) is 0 Å². The van der Waals surface area contributed by atoms with Crippen LogP contribution in [0.4, 0.5) is 11.6 Å². The van der Waals surface area contributed by atoms with Gasteiger partial charge in [0.15, 0.2) is 11.5 Å². The molecule has 44 heavy (non-hydrogen) atoms. The van der Waals surface area contributed by atoms with Crippen molar-refractivity contribution in [1.82, 2.24) is 29.2 Å². The Balaban J connectivity index is 1.10. The van der Waals surface area contributed by atoms with Crippen molar-refractivity contribution >= 4 is 28.6 Å². The normalized spacial score (nSPS) is 21.0. The van der Waals surface area contributed by atoms with Crippen LogP contribution in [-0.4, -0.2) is 53.3 Å². The van der Waals surface area contributed by atoms with Crippen molar-refractivity contribution in [2.75, 3.05) is 12.4 Å². The largest absolute Gasteiger partial charge is 0.384 e. The van der Waals surface area contributed by atoms with E-state index in [4.69, 9.17) is 9.97 Å². The molecule has 0 saturated heterocycles. The zero-order chi connectivity index (χ0) is 30.4. The maximum atomic E-state index is 13.3. The Labute approximate surface area is 256 Å². The molecule has 1 aromatic carbocycles. The Morgan fingerprint density at radius 2 is 1.84 bits per heavy atom. The number of rotatable bonds is 9. The van der Waals surface area contributed by atoms with Crippen LogP contribution in [0.2, 0.25) is 0 Å². The number of pyridine rings is 1. The second kappa shape index (κ2) is 11.3. The topological polar surface area (TPSA) is 118 Å². The van der Waals surface area contributed by atoms with Crippen molar-refractivity contribution < 1.29 is 9.90 Å². The number of aliphatic hydroxyl groups is 1. The van der Waals surface area contributed by atoms with E-state index in [2.05, 4.69) is 29.0 Å². The average Bonchev–Trinajstić information content (AvgIpc) is 3.85. The van der Waals surface area contributed by atoms with Gasteiger partial charge in [-0.3, -0.25) is 9.59 Å². The third-order valence-corrected chi connectivity index (χ3v) is 9.74. The van der Waals surface area contributed by atoms with Crippen LogP contribution in [0.1, 0.15) is 75.0 Å². The van der Waals surface area contributed by atoms with Crippen molar-refractivity contribution in [1.29, 1.82) is 0 Å². The lowest BCUT2D eigenvalue weighted by Crippen LogP contribution is -2.40. The molecule has 0 atom stereocenters. The molecular weight excluding hydrogens is 554 g/mol. The SMILES string of the molecule is C=CCn1c(=O)c2cnc(Nc3ccc(C4CCC(N(C)C(=O)C5CC5)CC4)cc3)nc2n1-c1cccc(C2(O)CCC2)n1. The number of nitrogens with zero attached hydrogens (tertiary/aromatic N) is 6. The number of benzene rings is 1. The first-order valence-corrected chi connectivity index (χ1v) is 15.8. The predicted molar refractivity (Wildman–Crippen MR) is 169 cm³/mol. The number of hydrogen-bond acceptors (Lipinski definition) is 7. The number of carbonyl (C=O) groups excluding carboxylic acids is 1. The molecule has 3 aliphatic carbocycles. The highest BCUT2D eigenvalue weighted by Gasteiger charge is 2.38. The summed E-state index contributed by atoms with van der Waals surface area (Å²) in [7, 11) is 1.98. The molecule has 0 bridgehead atoms. The maximum absolute atomic E-state index is 13.3. The van der Waals surface area contributed by atoms with E-state index in [9.17, 15) is 14.7 Å². The zero-order valence-electron chi connectivity index (χ0n) is 25.2. The van der Waals surface area contributed by atoms with E-state index >= 15 is 0 Å². The molecule has 2 N–H and O–H groups in total. The van der Waals surface area contributed by atoms with Crippen LogP contribution in [0.25, 0.3) is 16.9 Å². The highest BCUT2D eigenvalue weighted by molar-refractivity contribution is 5.81. The van der Waals surface area contributed by atoms with E-state index in [1.165, 1.54) is 10.2 Å². The molecule has 3 fully saturated rings. The first-order valence-electron chi connectivity index (χ1n) is 15.8. The van der Waals surface area contributed by atoms with Gasteiger partial charge in [0.25, 0.3) is 5.56 Å². The standard InChI is InChI=1S/C34H39N7O3/c1-3-20-40-32(43)27-21-35-33(38-30(27)41(40)29-7-4-6-28(37-29)34(44)18-5-19-34)36-25-14-10-22(11-15-25)23-12-16-26(17-13-23)39(2)31(42)24-8-9-24/h3-4,6-7,10-11,14-15,21,23-24,26,44H,1,5,8-9,12-13,16-20H2,2H3,(H,35,36,38).